The number of benzene rings is 1. The van der Waals surface area contributed by atoms with Crippen LogP contribution in [0.2, 0.25) is 0 Å². The van der Waals surface area contributed by atoms with Gasteiger partial charge >= 0.3 is 0 Å². The molecule has 0 heterocycles. The molecule has 1 amide bonds. The average Bonchev–Trinajstić information content (AvgIpc) is 2.45. The van der Waals surface area contributed by atoms with E-state index >= 15 is 0 Å². The molecule has 3 N–H and O–H groups in total. The van der Waals surface area contributed by atoms with Crippen molar-refractivity contribution in [2.75, 3.05) is 33.0 Å². The van der Waals surface area contributed by atoms with Crippen LogP contribution in [0.4, 0.5) is 5.69 Å². The molecule has 0 bridgehead atoms. The van der Waals surface area contributed by atoms with Gasteiger partial charge in [0.05, 0.1) is 12.6 Å². The number of rotatable bonds is 7. The second-order valence-electron chi connectivity index (χ2n) is 4.97. The van der Waals surface area contributed by atoms with Gasteiger partial charge in [-0.2, -0.15) is 0 Å². The van der Waals surface area contributed by atoms with Crippen molar-refractivity contribution in [3.8, 4) is 0 Å². The standard InChI is InChI=1S/C15H25N3O2/c1-11(13-6-5-7-14(16)10-13)18(3)12(2)15(19)17-8-9-20-4/h5-7,10-12H,8-9,16H2,1-4H3,(H,17,19). The lowest BCUT2D eigenvalue weighted by atomic mass is 10.0. The number of carbonyl (C=O) groups excluding carboxylic acids is 1. The number of nitrogens with zero attached hydrogens (tertiary/aromatic N) is 1. The Hall–Kier alpha value is -1.59. The molecule has 2 atom stereocenters. The van der Waals surface area contributed by atoms with Crippen molar-refractivity contribution >= 4 is 11.6 Å². The predicted molar refractivity (Wildman–Crippen MR) is 81.4 cm³/mol. The summed E-state index contributed by atoms with van der Waals surface area (Å²) in [5.41, 5.74) is 7.64. The summed E-state index contributed by atoms with van der Waals surface area (Å²) in [6.45, 7) is 5.01. The summed E-state index contributed by atoms with van der Waals surface area (Å²) >= 11 is 0. The van der Waals surface area contributed by atoms with Crippen molar-refractivity contribution in [2.45, 2.75) is 25.9 Å². The Kier molecular flexibility index (Phi) is 6.48. The molecule has 0 spiro atoms. The van der Waals surface area contributed by atoms with Crippen LogP contribution < -0.4 is 11.1 Å². The van der Waals surface area contributed by atoms with Crippen LogP contribution in [0.3, 0.4) is 0 Å². The molecule has 1 aromatic carbocycles. The van der Waals surface area contributed by atoms with Gasteiger partial charge < -0.3 is 15.8 Å². The minimum absolute atomic E-state index is 0.000281. The summed E-state index contributed by atoms with van der Waals surface area (Å²) in [5, 5.41) is 2.85. The molecule has 0 aromatic heterocycles. The van der Waals surface area contributed by atoms with Crippen molar-refractivity contribution in [1.82, 2.24) is 10.2 Å². The third-order valence-electron chi connectivity index (χ3n) is 3.60. The van der Waals surface area contributed by atoms with Crippen LogP contribution in [0.5, 0.6) is 0 Å². The van der Waals surface area contributed by atoms with Crippen LogP contribution in [0.25, 0.3) is 0 Å². The van der Waals surface area contributed by atoms with Crippen molar-refractivity contribution in [3.63, 3.8) is 0 Å². The highest BCUT2D eigenvalue weighted by Crippen LogP contribution is 2.22. The van der Waals surface area contributed by atoms with Crippen LogP contribution in [0.15, 0.2) is 24.3 Å². The minimum atomic E-state index is -0.219. The topological polar surface area (TPSA) is 67.6 Å². The molecule has 20 heavy (non-hydrogen) atoms. The molecule has 5 nitrogen and oxygen atoms in total. The minimum Gasteiger partial charge on any atom is -0.399 e. The second kappa shape index (κ2) is 7.87. The summed E-state index contributed by atoms with van der Waals surface area (Å²) in [4.78, 5) is 14.1. The van der Waals surface area contributed by atoms with Crippen molar-refractivity contribution in [1.29, 1.82) is 0 Å². The van der Waals surface area contributed by atoms with Crippen LogP contribution >= 0.6 is 0 Å². The lowest BCUT2D eigenvalue weighted by Gasteiger charge is -2.30. The van der Waals surface area contributed by atoms with Gasteiger partial charge in [0.15, 0.2) is 0 Å². The quantitative estimate of drug-likeness (QED) is 0.585. The molecule has 0 saturated heterocycles. The number of amides is 1. The van der Waals surface area contributed by atoms with Gasteiger partial charge in [-0.05, 0) is 38.6 Å². The van der Waals surface area contributed by atoms with Crippen molar-refractivity contribution in [3.05, 3.63) is 29.8 Å². The maximum Gasteiger partial charge on any atom is 0.237 e. The van der Waals surface area contributed by atoms with Gasteiger partial charge in [-0.25, -0.2) is 0 Å². The molecule has 0 aliphatic carbocycles. The van der Waals surface area contributed by atoms with E-state index in [1.54, 1.807) is 7.11 Å². The summed E-state index contributed by atoms with van der Waals surface area (Å²) in [6.07, 6.45) is 0. The number of nitrogens with two attached hydrogens (primary N) is 1. The van der Waals surface area contributed by atoms with E-state index < -0.39 is 0 Å². The first-order valence-electron chi connectivity index (χ1n) is 6.81. The highest BCUT2D eigenvalue weighted by Gasteiger charge is 2.22. The fourth-order valence-electron chi connectivity index (χ4n) is 2.00. The first kappa shape index (κ1) is 16.5. The van der Waals surface area contributed by atoms with Crippen LogP contribution in [-0.2, 0) is 9.53 Å². The largest absolute Gasteiger partial charge is 0.399 e. The lowest BCUT2D eigenvalue weighted by Crippen LogP contribution is -2.45. The number of carbonyl (C=O) groups is 1. The molecule has 0 fully saturated rings. The van der Waals surface area contributed by atoms with Gasteiger partial charge in [0, 0.05) is 25.4 Å². The third kappa shape index (κ3) is 4.51. The number of ether oxygens (including phenoxy) is 1. The molecule has 112 valence electrons. The van der Waals surface area contributed by atoms with Crippen molar-refractivity contribution < 1.29 is 9.53 Å². The SMILES string of the molecule is COCCNC(=O)C(C)N(C)C(C)c1cccc(N)c1. The molecular formula is C15H25N3O2. The molecular weight excluding hydrogens is 254 g/mol. The van der Waals surface area contributed by atoms with E-state index in [-0.39, 0.29) is 18.0 Å². The number of methoxy groups -OCH3 is 1. The van der Waals surface area contributed by atoms with E-state index in [0.717, 1.165) is 11.3 Å². The first-order chi connectivity index (χ1) is 9.47. The molecule has 1 rings (SSSR count). The molecule has 0 radical (unpaired) electrons. The zero-order valence-electron chi connectivity index (χ0n) is 12.7. The first-order valence-corrected chi connectivity index (χ1v) is 6.81. The summed E-state index contributed by atoms with van der Waals surface area (Å²) in [6, 6.07) is 7.64. The van der Waals surface area contributed by atoms with Gasteiger partial charge in [0.2, 0.25) is 5.91 Å². The number of hydrogen-bond acceptors (Lipinski definition) is 4. The highest BCUT2D eigenvalue weighted by atomic mass is 16.5. The molecule has 0 aliphatic heterocycles. The predicted octanol–water partition coefficient (Wildman–Crippen LogP) is 1.41. The number of nitrogens with one attached hydrogen (secondary N) is 1. The Morgan fingerprint density at radius 1 is 1.45 bits per heavy atom. The molecule has 2 unspecified atom stereocenters. The number of hydrogen-bond donors (Lipinski definition) is 2. The van der Waals surface area contributed by atoms with Gasteiger partial charge in [-0.3, -0.25) is 9.69 Å². The zero-order valence-corrected chi connectivity index (χ0v) is 12.7. The smallest absolute Gasteiger partial charge is 0.237 e. The Morgan fingerprint density at radius 3 is 2.75 bits per heavy atom. The molecule has 0 saturated carbocycles. The fraction of sp³-hybridized carbons (Fsp3) is 0.533. The van der Waals surface area contributed by atoms with Crippen molar-refractivity contribution in [2.24, 2.45) is 0 Å². The van der Waals surface area contributed by atoms with E-state index in [1.165, 1.54) is 0 Å². The van der Waals surface area contributed by atoms with Crippen LogP contribution in [-0.4, -0.2) is 44.2 Å². The van der Waals surface area contributed by atoms with Crippen LogP contribution in [0, 0.1) is 0 Å². The number of likely N-dealkylation sites (N-methyl/N-ethyl adjacent to an activating group) is 1. The maximum absolute atomic E-state index is 12.0. The van der Waals surface area contributed by atoms with E-state index in [1.807, 2.05) is 43.1 Å². The van der Waals surface area contributed by atoms with E-state index in [4.69, 9.17) is 10.5 Å². The Balaban J connectivity index is 2.63. The van der Waals surface area contributed by atoms with E-state index in [9.17, 15) is 4.79 Å². The number of nitrogen functional groups attached to an aromatic ring is 1. The normalized spacial score (nSPS) is 14.1. The average molecular weight is 279 g/mol. The maximum atomic E-state index is 12.0. The molecule has 1 aromatic rings. The lowest BCUT2D eigenvalue weighted by molar-refractivity contribution is -0.126. The fourth-order valence-corrected chi connectivity index (χ4v) is 2.00. The summed E-state index contributed by atoms with van der Waals surface area (Å²) in [7, 11) is 3.55. The monoisotopic (exact) mass is 279 g/mol. The Morgan fingerprint density at radius 2 is 2.15 bits per heavy atom. The second-order valence-corrected chi connectivity index (χ2v) is 4.97. The summed E-state index contributed by atoms with van der Waals surface area (Å²) in [5.74, 6) is 0.000281. The summed E-state index contributed by atoms with van der Waals surface area (Å²) < 4.78 is 4.92. The zero-order chi connectivity index (χ0) is 15.1. The molecule has 0 aliphatic rings. The van der Waals surface area contributed by atoms with E-state index in [0.29, 0.717) is 13.2 Å². The van der Waals surface area contributed by atoms with Gasteiger partial charge in [-0.15, -0.1) is 0 Å². The van der Waals surface area contributed by atoms with Gasteiger partial charge in [0.25, 0.3) is 0 Å². The van der Waals surface area contributed by atoms with E-state index in [2.05, 4.69) is 12.2 Å². The highest BCUT2D eigenvalue weighted by molar-refractivity contribution is 5.81. The van der Waals surface area contributed by atoms with Crippen LogP contribution in [0.1, 0.15) is 25.5 Å². The van der Waals surface area contributed by atoms with Gasteiger partial charge in [0.1, 0.15) is 0 Å². The van der Waals surface area contributed by atoms with Gasteiger partial charge in [-0.1, -0.05) is 12.1 Å². The Bertz CT molecular complexity index is 437. The Labute approximate surface area is 121 Å². The molecule has 5 heteroatoms. The number of anilines is 1. The third-order valence-corrected chi connectivity index (χ3v) is 3.60.